The van der Waals surface area contributed by atoms with Crippen LogP contribution >= 0.6 is 11.8 Å². The van der Waals surface area contributed by atoms with Crippen molar-refractivity contribution < 1.29 is 4.39 Å². The van der Waals surface area contributed by atoms with Crippen molar-refractivity contribution in [3.63, 3.8) is 0 Å². The number of rotatable bonds is 4. The van der Waals surface area contributed by atoms with Gasteiger partial charge in [-0.1, -0.05) is 0 Å². The number of anilines is 2. The normalized spacial score (nSPS) is 17.0. The highest BCUT2D eigenvalue weighted by molar-refractivity contribution is 7.99. The summed E-state index contributed by atoms with van der Waals surface area (Å²) in [6.07, 6.45) is 0. The first-order valence-corrected chi connectivity index (χ1v) is 6.99. The minimum Gasteiger partial charge on any atom is -0.399 e. The van der Waals surface area contributed by atoms with E-state index in [2.05, 4.69) is 10.2 Å². The van der Waals surface area contributed by atoms with Crippen molar-refractivity contribution in [3.8, 4) is 0 Å². The first kappa shape index (κ1) is 12.5. The molecule has 0 amide bonds. The van der Waals surface area contributed by atoms with Crippen LogP contribution in [0, 0.1) is 5.82 Å². The van der Waals surface area contributed by atoms with Gasteiger partial charge < -0.3 is 11.1 Å². The van der Waals surface area contributed by atoms with E-state index in [1.807, 2.05) is 11.8 Å². The van der Waals surface area contributed by atoms with E-state index in [0.29, 0.717) is 5.69 Å². The second-order valence-electron chi connectivity index (χ2n) is 4.15. The maximum atomic E-state index is 13.1. The number of nitrogen functional groups attached to an aromatic ring is 1. The summed E-state index contributed by atoms with van der Waals surface area (Å²) in [7, 11) is 0. The molecule has 0 spiro atoms. The second-order valence-corrected chi connectivity index (χ2v) is 5.38. The number of halogens is 1. The Hall–Kier alpha value is -0.940. The molecule has 0 radical (unpaired) electrons. The average Bonchev–Trinajstić information content (AvgIpc) is 2.29. The predicted octanol–water partition coefficient (Wildman–Crippen LogP) is 1.87. The third-order valence-electron chi connectivity index (χ3n) is 2.78. The third kappa shape index (κ3) is 4.09. The van der Waals surface area contributed by atoms with Crippen molar-refractivity contribution in [2.45, 2.75) is 0 Å². The zero-order chi connectivity index (χ0) is 12.1. The van der Waals surface area contributed by atoms with Gasteiger partial charge in [0.05, 0.1) is 0 Å². The van der Waals surface area contributed by atoms with Gasteiger partial charge in [0.1, 0.15) is 5.82 Å². The first-order valence-electron chi connectivity index (χ1n) is 5.84. The fraction of sp³-hybridized carbons (Fsp3) is 0.500. The molecule has 0 unspecified atom stereocenters. The molecule has 94 valence electrons. The van der Waals surface area contributed by atoms with Gasteiger partial charge in [-0.3, -0.25) is 4.90 Å². The maximum Gasteiger partial charge on any atom is 0.127 e. The lowest BCUT2D eigenvalue weighted by atomic mass is 10.2. The summed E-state index contributed by atoms with van der Waals surface area (Å²) < 4.78 is 13.1. The fourth-order valence-electron chi connectivity index (χ4n) is 1.90. The largest absolute Gasteiger partial charge is 0.399 e. The Morgan fingerprint density at radius 1 is 1.29 bits per heavy atom. The van der Waals surface area contributed by atoms with E-state index in [1.165, 1.54) is 23.6 Å². The summed E-state index contributed by atoms with van der Waals surface area (Å²) in [4.78, 5) is 2.42. The number of nitrogens with two attached hydrogens (primary N) is 1. The Kier molecular flexibility index (Phi) is 4.50. The first-order chi connectivity index (χ1) is 8.24. The Labute approximate surface area is 106 Å². The van der Waals surface area contributed by atoms with Crippen LogP contribution in [0.25, 0.3) is 0 Å². The Morgan fingerprint density at radius 3 is 2.76 bits per heavy atom. The molecule has 0 atom stereocenters. The number of hydrogen-bond donors (Lipinski definition) is 2. The van der Waals surface area contributed by atoms with E-state index in [0.717, 1.165) is 31.9 Å². The Morgan fingerprint density at radius 2 is 2.06 bits per heavy atom. The summed E-state index contributed by atoms with van der Waals surface area (Å²) in [6, 6.07) is 4.56. The molecule has 0 aliphatic carbocycles. The second kappa shape index (κ2) is 6.12. The van der Waals surface area contributed by atoms with Gasteiger partial charge in [0.2, 0.25) is 0 Å². The summed E-state index contributed by atoms with van der Waals surface area (Å²) in [5, 5.41) is 3.21. The molecule has 3 nitrogen and oxygen atoms in total. The summed E-state index contributed by atoms with van der Waals surface area (Å²) >= 11 is 2.00. The molecule has 1 saturated heterocycles. The van der Waals surface area contributed by atoms with Gasteiger partial charge in [0, 0.05) is 49.1 Å². The standard InChI is InChI=1S/C12H18FN3S/c13-10-7-11(14)9-12(8-10)15-1-2-16-3-5-17-6-4-16/h7-9,15H,1-6,14H2. The molecule has 1 aromatic rings. The maximum absolute atomic E-state index is 13.1. The Bertz CT molecular complexity index is 347. The van der Waals surface area contributed by atoms with Crippen molar-refractivity contribution in [2.24, 2.45) is 0 Å². The van der Waals surface area contributed by atoms with Crippen LogP contribution in [0.15, 0.2) is 18.2 Å². The molecule has 1 aromatic carbocycles. The van der Waals surface area contributed by atoms with Gasteiger partial charge >= 0.3 is 0 Å². The summed E-state index contributed by atoms with van der Waals surface area (Å²) in [6.45, 7) is 4.12. The van der Waals surface area contributed by atoms with E-state index in [-0.39, 0.29) is 5.82 Å². The van der Waals surface area contributed by atoms with Crippen LogP contribution in [0.5, 0.6) is 0 Å². The van der Waals surface area contributed by atoms with Crippen LogP contribution < -0.4 is 11.1 Å². The minimum absolute atomic E-state index is 0.290. The SMILES string of the molecule is Nc1cc(F)cc(NCCN2CCSCC2)c1. The quantitative estimate of drug-likeness (QED) is 0.806. The van der Waals surface area contributed by atoms with E-state index >= 15 is 0 Å². The topological polar surface area (TPSA) is 41.3 Å². The highest BCUT2D eigenvalue weighted by Gasteiger charge is 2.09. The van der Waals surface area contributed by atoms with Crippen molar-refractivity contribution in [2.75, 3.05) is 48.7 Å². The number of hydrogen-bond acceptors (Lipinski definition) is 4. The summed E-state index contributed by atoms with van der Waals surface area (Å²) in [5.74, 6) is 2.14. The molecule has 1 fully saturated rings. The molecule has 17 heavy (non-hydrogen) atoms. The van der Waals surface area contributed by atoms with E-state index in [4.69, 9.17) is 5.73 Å². The van der Waals surface area contributed by atoms with Gasteiger partial charge in [0.15, 0.2) is 0 Å². The lowest BCUT2D eigenvalue weighted by Crippen LogP contribution is -2.36. The highest BCUT2D eigenvalue weighted by Crippen LogP contribution is 2.15. The number of nitrogens with one attached hydrogen (secondary N) is 1. The van der Waals surface area contributed by atoms with Gasteiger partial charge in [-0.15, -0.1) is 0 Å². The van der Waals surface area contributed by atoms with Gasteiger partial charge in [-0.25, -0.2) is 4.39 Å². The molecule has 1 heterocycles. The van der Waals surface area contributed by atoms with E-state index in [1.54, 1.807) is 6.07 Å². The molecule has 5 heteroatoms. The number of benzene rings is 1. The van der Waals surface area contributed by atoms with Gasteiger partial charge in [-0.2, -0.15) is 11.8 Å². The smallest absolute Gasteiger partial charge is 0.127 e. The van der Waals surface area contributed by atoms with Crippen LogP contribution in [0.4, 0.5) is 15.8 Å². The van der Waals surface area contributed by atoms with Crippen LogP contribution in [-0.4, -0.2) is 42.6 Å². The van der Waals surface area contributed by atoms with Gasteiger partial charge in [-0.05, 0) is 18.2 Å². The highest BCUT2D eigenvalue weighted by atomic mass is 32.2. The zero-order valence-electron chi connectivity index (χ0n) is 9.79. The molecular weight excluding hydrogens is 237 g/mol. The summed E-state index contributed by atoms with van der Waals surface area (Å²) in [5.41, 5.74) is 6.80. The zero-order valence-corrected chi connectivity index (χ0v) is 10.6. The molecule has 1 aliphatic heterocycles. The van der Waals surface area contributed by atoms with Crippen molar-refractivity contribution >= 4 is 23.1 Å². The van der Waals surface area contributed by atoms with Crippen LogP contribution in [-0.2, 0) is 0 Å². The third-order valence-corrected chi connectivity index (χ3v) is 3.72. The van der Waals surface area contributed by atoms with Crippen molar-refractivity contribution in [1.82, 2.24) is 4.90 Å². The molecule has 0 saturated carbocycles. The fourth-order valence-corrected chi connectivity index (χ4v) is 2.88. The van der Waals surface area contributed by atoms with E-state index < -0.39 is 0 Å². The predicted molar refractivity (Wildman–Crippen MR) is 73.1 cm³/mol. The number of thioether (sulfide) groups is 1. The van der Waals surface area contributed by atoms with Crippen LogP contribution in [0.1, 0.15) is 0 Å². The van der Waals surface area contributed by atoms with Gasteiger partial charge in [0.25, 0.3) is 0 Å². The molecule has 3 N–H and O–H groups in total. The minimum atomic E-state index is -0.290. The molecular formula is C12H18FN3S. The van der Waals surface area contributed by atoms with Crippen LogP contribution in [0.3, 0.4) is 0 Å². The van der Waals surface area contributed by atoms with Crippen molar-refractivity contribution in [1.29, 1.82) is 0 Å². The van der Waals surface area contributed by atoms with E-state index in [9.17, 15) is 4.39 Å². The lowest BCUT2D eigenvalue weighted by molar-refractivity contribution is 0.314. The van der Waals surface area contributed by atoms with Crippen molar-refractivity contribution in [3.05, 3.63) is 24.0 Å². The van der Waals surface area contributed by atoms with Crippen LogP contribution in [0.2, 0.25) is 0 Å². The number of nitrogens with zero attached hydrogens (tertiary/aromatic N) is 1. The lowest BCUT2D eigenvalue weighted by Gasteiger charge is -2.26. The molecule has 0 aromatic heterocycles. The molecule has 1 aliphatic rings. The molecule has 0 bridgehead atoms. The monoisotopic (exact) mass is 255 g/mol. The Balaban J connectivity index is 1.77. The average molecular weight is 255 g/mol. The molecule has 2 rings (SSSR count).